The van der Waals surface area contributed by atoms with Crippen LogP contribution in [0, 0.1) is 13.8 Å². The summed E-state index contributed by atoms with van der Waals surface area (Å²) in [5.74, 6) is -1.47. The summed E-state index contributed by atoms with van der Waals surface area (Å²) in [4.78, 5) is 46.1. The van der Waals surface area contributed by atoms with E-state index < -0.39 is 35.3 Å². The lowest BCUT2D eigenvalue weighted by Crippen LogP contribution is -2.29. The number of halogens is 2. The number of aliphatic carboxylic acids is 1. The van der Waals surface area contributed by atoms with Crippen LogP contribution in [0.25, 0.3) is 108 Å². The SMILES string of the molecule is CCOC(=O)[C@@H](OC(C)(C)C)c1c(C)cc2nc(-c3cccc(-c4ccc5c(cnn5C)c4)n3)sc2c1-c1ccc(Cl)cc1.Cc1cc2nc(-c3cccc(-c4ccc5c(cnn5C)c4)n3)sc2c(-c2ccc(Cl)cc2)c1[C@H](OC(C)(C)C)C(=O)O. The quantitative estimate of drug-likeness (QED) is 0.109. The average Bonchev–Trinajstić information content (AvgIpc) is 1.58. The molecule has 0 saturated carbocycles. The molecule has 0 radical (unpaired) electrons. The minimum Gasteiger partial charge on any atom is -0.479 e. The highest BCUT2D eigenvalue weighted by Crippen LogP contribution is 2.47. The highest BCUT2D eigenvalue weighted by Gasteiger charge is 2.35. The molecule has 0 aliphatic carbocycles. The normalized spacial score (nSPS) is 12.7. The second-order valence-corrected chi connectivity index (χ2v) is 25.8. The lowest BCUT2D eigenvalue weighted by Gasteiger charge is -2.29. The molecule has 18 heteroatoms. The Morgan fingerprint density at radius 2 is 0.942 bits per heavy atom. The average molecular weight is 1220 g/mol. The molecule has 6 aromatic heterocycles. The first-order valence-corrected chi connectivity index (χ1v) is 30.3. The lowest BCUT2D eigenvalue weighted by atomic mass is 9.91. The minimum atomic E-state index is -1.17. The fraction of sp³-hybridized carbons (Fsp3) is 0.235. The van der Waals surface area contributed by atoms with E-state index in [-0.39, 0.29) is 6.61 Å². The molecule has 0 saturated heterocycles. The maximum Gasteiger partial charge on any atom is 0.339 e. The number of benzene rings is 6. The summed E-state index contributed by atoms with van der Waals surface area (Å²) < 4.78 is 23.6. The largest absolute Gasteiger partial charge is 0.479 e. The molecule has 86 heavy (non-hydrogen) atoms. The van der Waals surface area contributed by atoms with Crippen molar-refractivity contribution < 1.29 is 28.9 Å². The van der Waals surface area contributed by atoms with Crippen LogP contribution >= 0.6 is 45.9 Å². The molecule has 0 aliphatic rings. The van der Waals surface area contributed by atoms with Gasteiger partial charge in [0.2, 0.25) is 0 Å². The van der Waals surface area contributed by atoms with Crippen LogP contribution in [-0.2, 0) is 37.9 Å². The van der Waals surface area contributed by atoms with Crippen molar-refractivity contribution in [1.82, 2.24) is 39.5 Å². The van der Waals surface area contributed by atoms with E-state index in [0.717, 1.165) is 125 Å². The van der Waals surface area contributed by atoms with Crippen LogP contribution in [0.5, 0.6) is 0 Å². The number of carbonyl (C=O) groups is 2. The summed E-state index contributed by atoms with van der Waals surface area (Å²) in [5.41, 5.74) is 14.0. The first kappa shape index (κ1) is 59.5. The highest BCUT2D eigenvalue weighted by molar-refractivity contribution is 7.22. The van der Waals surface area contributed by atoms with Gasteiger partial charge in [-0.15, -0.1) is 22.7 Å². The van der Waals surface area contributed by atoms with E-state index in [1.807, 2.05) is 188 Å². The van der Waals surface area contributed by atoms with Crippen molar-refractivity contribution >= 4 is 100 Å². The fourth-order valence-electron chi connectivity index (χ4n) is 10.6. The summed E-state index contributed by atoms with van der Waals surface area (Å²) in [5, 5.41) is 23.9. The Labute approximate surface area is 516 Å². The summed E-state index contributed by atoms with van der Waals surface area (Å²) in [7, 11) is 3.86. The Morgan fingerprint density at radius 1 is 0.547 bits per heavy atom. The third-order valence-corrected chi connectivity index (χ3v) is 17.1. The zero-order valence-corrected chi connectivity index (χ0v) is 52.5. The van der Waals surface area contributed by atoms with E-state index >= 15 is 0 Å². The van der Waals surface area contributed by atoms with Crippen molar-refractivity contribution in [2.75, 3.05) is 6.61 Å². The Morgan fingerprint density at radius 3 is 1.35 bits per heavy atom. The molecule has 436 valence electrons. The molecule has 12 rings (SSSR count). The predicted molar refractivity (Wildman–Crippen MR) is 347 cm³/mol. The third kappa shape index (κ3) is 12.4. The molecule has 0 amide bonds. The number of carbonyl (C=O) groups excluding carboxylic acids is 1. The Balaban J connectivity index is 0.000000179. The second kappa shape index (κ2) is 23.9. The van der Waals surface area contributed by atoms with Gasteiger partial charge < -0.3 is 19.3 Å². The molecule has 12 aromatic rings. The molecule has 0 spiro atoms. The number of ether oxygens (including phenoxy) is 3. The molecule has 1 N–H and O–H groups in total. The first-order chi connectivity index (χ1) is 41.0. The lowest BCUT2D eigenvalue weighted by molar-refractivity contribution is -0.166. The van der Waals surface area contributed by atoms with Crippen molar-refractivity contribution in [2.24, 2.45) is 14.1 Å². The topological polar surface area (TPSA) is 169 Å². The van der Waals surface area contributed by atoms with E-state index in [2.05, 4.69) is 34.5 Å². The third-order valence-electron chi connectivity index (χ3n) is 14.3. The molecular formula is C68H62Cl2N8O6S2. The zero-order valence-electron chi connectivity index (χ0n) is 49.4. The van der Waals surface area contributed by atoms with E-state index in [0.29, 0.717) is 15.6 Å². The zero-order chi connectivity index (χ0) is 60.9. The van der Waals surface area contributed by atoms with Crippen LogP contribution in [0.3, 0.4) is 0 Å². The van der Waals surface area contributed by atoms with Gasteiger partial charge in [-0.05, 0) is 169 Å². The van der Waals surface area contributed by atoms with E-state index in [4.69, 9.17) is 57.3 Å². The molecule has 0 unspecified atom stereocenters. The molecule has 0 fully saturated rings. The van der Waals surface area contributed by atoms with Crippen LogP contribution in [-0.4, -0.2) is 74.4 Å². The Kier molecular flexibility index (Phi) is 16.5. The maximum atomic E-state index is 13.4. The van der Waals surface area contributed by atoms with Gasteiger partial charge in [0, 0.05) is 68.3 Å². The summed E-state index contributed by atoms with van der Waals surface area (Å²) in [6.45, 7) is 17.3. The van der Waals surface area contributed by atoms with E-state index in [1.165, 1.54) is 11.3 Å². The van der Waals surface area contributed by atoms with Crippen LogP contribution in [0.15, 0.2) is 146 Å². The smallest absolute Gasteiger partial charge is 0.339 e. The van der Waals surface area contributed by atoms with Crippen LogP contribution in [0.1, 0.15) is 82.9 Å². The Bertz CT molecular complexity index is 4560. The van der Waals surface area contributed by atoms with Gasteiger partial charge in [-0.1, -0.05) is 71.7 Å². The maximum absolute atomic E-state index is 13.4. The molecular weight excluding hydrogens is 1160 g/mol. The van der Waals surface area contributed by atoms with Crippen molar-refractivity contribution in [3.05, 3.63) is 178 Å². The van der Waals surface area contributed by atoms with Gasteiger partial charge in [0.15, 0.2) is 12.2 Å². The molecule has 0 bridgehead atoms. The fourth-order valence-corrected chi connectivity index (χ4v) is 13.0. The number of nitrogens with zero attached hydrogens (tertiary/aromatic N) is 8. The van der Waals surface area contributed by atoms with Gasteiger partial charge in [-0.25, -0.2) is 29.5 Å². The van der Waals surface area contributed by atoms with Gasteiger partial charge >= 0.3 is 11.9 Å². The van der Waals surface area contributed by atoms with Gasteiger partial charge in [-0.2, -0.15) is 10.2 Å². The first-order valence-electron chi connectivity index (χ1n) is 27.9. The van der Waals surface area contributed by atoms with Gasteiger partial charge in [-0.3, -0.25) is 9.36 Å². The van der Waals surface area contributed by atoms with Gasteiger partial charge in [0.25, 0.3) is 0 Å². The van der Waals surface area contributed by atoms with E-state index in [9.17, 15) is 14.7 Å². The number of rotatable bonds is 13. The number of esters is 1. The number of carboxylic acid groups (broad SMARTS) is 1. The summed E-state index contributed by atoms with van der Waals surface area (Å²) >= 11 is 15.5. The number of thiazole rings is 2. The van der Waals surface area contributed by atoms with Crippen LogP contribution < -0.4 is 0 Å². The van der Waals surface area contributed by atoms with Crippen LogP contribution in [0.4, 0.5) is 0 Å². The van der Waals surface area contributed by atoms with Crippen molar-refractivity contribution in [3.8, 4) is 66.2 Å². The minimum absolute atomic E-state index is 0.251. The number of hydrogen-bond acceptors (Lipinski definition) is 13. The monoisotopic (exact) mass is 1220 g/mol. The Hall–Kier alpha value is -8.22. The number of pyridine rings is 2. The second-order valence-electron chi connectivity index (χ2n) is 22.9. The number of aromatic nitrogens is 8. The summed E-state index contributed by atoms with van der Waals surface area (Å²) in [6, 6.07) is 43.3. The van der Waals surface area contributed by atoms with Gasteiger partial charge in [0.1, 0.15) is 10.0 Å². The molecule has 0 aliphatic heterocycles. The molecule has 6 heterocycles. The van der Waals surface area contributed by atoms with Crippen LogP contribution in [0.2, 0.25) is 10.0 Å². The molecule has 2 atom stereocenters. The number of hydrogen-bond donors (Lipinski definition) is 1. The number of carboxylic acids is 1. The van der Waals surface area contributed by atoms with Crippen molar-refractivity contribution in [3.63, 3.8) is 0 Å². The molecule has 6 aromatic carbocycles. The van der Waals surface area contributed by atoms with E-state index in [1.54, 1.807) is 30.4 Å². The van der Waals surface area contributed by atoms with Crippen molar-refractivity contribution in [1.29, 1.82) is 0 Å². The number of fused-ring (bicyclic) bond motifs is 4. The van der Waals surface area contributed by atoms with Gasteiger partial charge in [0.05, 0.1) is 84.4 Å². The standard InChI is InChI=1S/C35H33ClN4O3S.C33H29ClN4O3S/c1-7-42-34(41)31(43-35(3,4)5)29-20(2)17-27-32(30(29)21-11-14-24(36)15-12-21)44-33(39-27)26-10-8-9-25(38-26)22-13-16-28-23(18-22)19-37-40(28)6;1-18-15-25-30(28(19-9-12-22(34)13-10-19)27(18)29(32(39)40)41-33(2,3)4)42-31(37-25)24-8-6-7-23(36-24)20-11-14-26-21(16-20)17-35-38(26)5/h8-19,31H,7H2,1-6H3;6-17,29H,1-5H3,(H,39,40)/t31-;29-/m00/s1. The summed E-state index contributed by atoms with van der Waals surface area (Å²) in [6.07, 6.45) is 1.61. The van der Waals surface area contributed by atoms with Crippen molar-refractivity contribution in [2.45, 2.75) is 85.7 Å². The highest BCUT2D eigenvalue weighted by atomic mass is 35.5. The predicted octanol–water partition coefficient (Wildman–Crippen LogP) is 17.4. The number of aryl methyl sites for hydroxylation is 4. The molecule has 14 nitrogen and oxygen atoms in total.